The minimum atomic E-state index is -3.55. The van der Waals surface area contributed by atoms with E-state index in [1.165, 1.54) is 6.20 Å². The zero-order valence-electron chi connectivity index (χ0n) is 4.31. The largest absolute Gasteiger partial charge is 0.265 e. The van der Waals surface area contributed by atoms with Gasteiger partial charge in [-0.05, 0) is 0 Å². The van der Waals surface area contributed by atoms with Crippen LogP contribution in [0, 0.1) is 0 Å². The first kappa shape index (κ1) is 6.66. The molecule has 0 bridgehead atoms. The Hall–Kier alpha value is -0.460. The highest BCUT2D eigenvalue weighted by molar-refractivity contribution is 7.91. The third-order valence-electron chi connectivity index (χ3n) is 0.653. The second-order valence-electron chi connectivity index (χ2n) is 1.34. The van der Waals surface area contributed by atoms with Crippen molar-refractivity contribution in [1.29, 1.82) is 0 Å². The molecule has 1 heterocycles. The highest BCUT2D eigenvalue weighted by atomic mass is 32.2. The summed E-state index contributed by atoms with van der Waals surface area (Å²) in [6.07, 6.45) is 1.39. The molecule has 0 radical (unpaired) electrons. The Kier molecular flexibility index (Phi) is 1.52. The van der Waals surface area contributed by atoms with Crippen LogP contribution in [0.5, 0.6) is 0 Å². The number of sulfonamides is 1. The van der Waals surface area contributed by atoms with E-state index < -0.39 is 10.0 Å². The Morgan fingerprint density at radius 3 is 2.56 bits per heavy atom. The molecular formula is C3H4N2O2S2. The van der Waals surface area contributed by atoms with Crippen molar-refractivity contribution in [1.82, 2.24) is 4.98 Å². The van der Waals surface area contributed by atoms with Gasteiger partial charge in [0.05, 0.1) is 0 Å². The van der Waals surface area contributed by atoms with E-state index in [0.717, 1.165) is 11.3 Å². The molecule has 9 heavy (non-hydrogen) atoms. The van der Waals surface area contributed by atoms with Crippen molar-refractivity contribution >= 4 is 21.4 Å². The fraction of sp³-hybridized carbons (Fsp3) is 0. The van der Waals surface area contributed by atoms with Crippen LogP contribution in [0.15, 0.2) is 15.9 Å². The Balaban J connectivity index is 3.20. The number of rotatable bonds is 1. The number of nitrogens with two attached hydrogens (primary N) is 1. The van der Waals surface area contributed by atoms with Crippen LogP contribution in [0.1, 0.15) is 0 Å². The molecule has 0 unspecified atom stereocenters. The van der Waals surface area contributed by atoms with Gasteiger partial charge in [0.25, 0.3) is 10.0 Å². The van der Waals surface area contributed by atoms with Gasteiger partial charge in [-0.3, -0.25) is 0 Å². The summed E-state index contributed by atoms with van der Waals surface area (Å²) in [4.78, 5) is 3.49. The topological polar surface area (TPSA) is 73.1 Å². The molecule has 2 N–H and O–H groups in total. The van der Waals surface area contributed by atoms with Crippen LogP contribution in [-0.4, -0.2) is 13.4 Å². The maximum absolute atomic E-state index is 10.4. The first-order valence-electron chi connectivity index (χ1n) is 2.03. The van der Waals surface area contributed by atoms with E-state index in [1.54, 1.807) is 5.38 Å². The molecule has 50 valence electrons. The molecule has 0 saturated carbocycles. The number of thiazole rings is 1. The molecule has 1 aromatic heterocycles. The first-order chi connectivity index (χ1) is 4.11. The fourth-order valence-corrected chi connectivity index (χ4v) is 1.62. The maximum atomic E-state index is 10.4. The van der Waals surface area contributed by atoms with Crippen LogP contribution >= 0.6 is 11.3 Å². The van der Waals surface area contributed by atoms with Crippen molar-refractivity contribution < 1.29 is 8.42 Å². The Labute approximate surface area is 56.4 Å². The molecule has 0 spiro atoms. The van der Waals surface area contributed by atoms with Crippen molar-refractivity contribution in [3.63, 3.8) is 0 Å². The van der Waals surface area contributed by atoms with Gasteiger partial charge in [-0.2, -0.15) is 0 Å². The van der Waals surface area contributed by atoms with Gasteiger partial charge < -0.3 is 0 Å². The summed E-state index contributed by atoms with van der Waals surface area (Å²) in [7, 11) is -3.55. The molecule has 0 aromatic carbocycles. The minimum Gasteiger partial charge on any atom is -0.233 e. The summed E-state index contributed by atoms with van der Waals surface area (Å²) >= 11 is 1.01. The molecule has 4 nitrogen and oxygen atoms in total. The van der Waals surface area contributed by atoms with Crippen molar-refractivity contribution in [3.8, 4) is 0 Å². The summed E-state index contributed by atoms with van der Waals surface area (Å²) in [5.74, 6) is 0. The van der Waals surface area contributed by atoms with Gasteiger partial charge in [0.2, 0.25) is 4.34 Å². The van der Waals surface area contributed by atoms with Crippen molar-refractivity contribution in [2.24, 2.45) is 5.14 Å². The predicted octanol–water partition coefficient (Wildman–Crippen LogP) is -0.209. The summed E-state index contributed by atoms with van der Waals surface area (Å²) in [6.45, 7) is 0. The van der Waals surface area contributed by atoms with Crippen LogP contribution in [-0.2, 0) is 10.0 Å². The minimum absolute atomic E-state index is 0.0394. The van der Waals surface area contributed by atoms with Crippen molar-refractivity contribution in [3.05, 3.63) is 11.6 Å². The molecule has 1 aromatic rings. The van der Waals surface area contributed by atoms with E-state index in [4.69, 9.17) is 5.14 Å². The molecule has 0 amide bonds. The van der Waals surface area contributed by atoms with E-state index in [-0.39, 0.29) is 4.34 Å². The molecule has 0 fully saturated rings. The van der Waals surface area contributed by atoms with Gasteiger partial charge in [-0.25, -0.2) is 18.5 Å². The van der Waals surface area contributed by atoms with E-state index in [1.807, 2.05) is 0 Å². The van der Waals surface area contributed by atoms with Crippen LogP contribution in [0.2, 0.25) is 0 Å². The predicted molar refractivity (Wildman–Crippen MR) is 33.5 cm³/mol. The number of nitrogens with zero attached hydrogens (tertiary/aromatic N) is 1. The van der Waals surface area contributed by atoms with Gasteiger partial charge in [0, 0.05) is 11.6 Å². The standard InChI is InChI=1S/C3H4N2O2S2/c4-9(6,7)3-5-1-2-8-3/h1-2H,(H2,4,6,7). The number of aromatic nitrogens is 1. The zero-order chi connectivity index (χ0) is 6.91. The maximum Gasteiger partial charge on any atom is 0.265 e. The number of hydrogen-bond donors (Lipinski definition) is 1. The molecule has 0 aliphatic carbocycles. The third-order valence-corrected chi connectivity index (χ3v) is 2.80. The zero-order valence-corrected chi connectivity index (χ0v) is 5.95. The van der Waals surface area contributed by atoms with Crippen LogP contribution in [0.25, 0.3) is 0 Å². The van der Waals surface area contributed by atoms with Gasteiger partial charge in [0.15, 0.2) is 0 Å². The smallest absolute Gasteiger partial charge is 0.233 e. The highest BCUT2D eigenvalue weighted by Gasteiger charge is 2.08. The van der Waals surface area contributed by atoms with Crippen molar-refractivity contribution in [2.45, 2.75) is 4.34 Å². The Morgan fingerprint density at radius 2 is 2.33 bits per heavy atom. The summed E-state index contributed by atoms with van der Waals surface area (Å²) in [6, 6.07) is 0. The molecular weight excluding hydrogens is 160 g/mol. The highest BCUT2D eigenvalue weighted by Crippen LogP contribution is 2.07. The normalized spacial score (nSPS) is 11.7. The number of primary sulfonamides is 1. The van der Waals surface area contributed by atoms with E-state index >= 15 is 0 Å². The van der Waals surface area contributed by atoms with Crippen LogP contribution < -0.4 is 5.14 Å². The summed E-state index contributed by atoms with van der Waals surface area (Å²) in [5, 5.41) is 6.28. The Bertz CT molecular complexity index is 275. The molecule has 0 aliphatic rings. The first-order valence-corrected chi connectivity index (χ1v) is 4.45. The second-order valence-corrected chi connectivity index (χ2v) is 3.97. The van der Waals surface area contributed by atoms with Gasteiger partial charge in [0.1, 0.15) is 0 Å². The van der Waals surface area contributed by atoms with E-state index in [9.17, 15) is 8.42 Å². The number of hydrogen-bond acceptors (Lipinski definition) is 4. The van der Waals surface area contributed by atoms with Crippen molar-refractivity contribution in [2.75, 3.05) is 0 Å². The molecule has 0 aliphatic heterocycles. The fourth-order valence-electron chi connectivity index (χ4n) is 0.351. The third kappa shape index (κ3) is 1.47. The molecule has 0 atom stereocenters. The Morgan fingerprint density at radius 1 is 1.67 bits per heavy atom. The summed E-state index contributed by atoms with van der Waals surface area (Å²) in [5.41, 5.74) is 0. The van der Waals surface area contributed by atoms with E-state index in [2.05, 4.69) is 4.98 Å². The average Bonchev–Trinajstić information content (AvgIpc) is 2.08. The average molecular weight is 164 g/mol. The lowest BCUT2D eigenvalue weighted by atomic mass is 11.0. The second kappa shape index (κ2) is 2.05. The lowest BCUT2D eigenvalue weighted by Gasteiger charge is -1.84. The SMILES string of the molecule is NS(=O)(=O)c1nccs1. The molecule has 6 heteroatoms. The lowest BCUT2D eigenvalue weighted by molar-refractivity contribution is 0.597. The molecule has 0 saturated heterocycles. The van der Waals surface area contributed by atoms with Gasteiger partial charge >= 0.3 is 0 Å². The van der Waals surface area contributed by atoms with Gasteiger partial charge in [-0.15, -0.1) is 11.3 Å². The van der Waals surface area contributed by atoms with Crippen LogP contribution in [0.4, 0.5) is 0 Å². The monoisotopic (exact) mass is 164 g/mol. The summed E-state index contributed by atoms with van der Waals surface area (Å²) < 4.78 is 20.8. The van der Waals surface area contributed by atoms with Gasteiger partial charge in [-0.1, -0.05) is 0 Å². The van der Waals surface area contributed by atoms with E-state index in [0.29, 0.717) is 0 Å². The quantitative estimate of drug-likeness (QED) is 0.624. The lowest BCUT2D eigenvalue weighted by Crippen LogP contribution is -2.11. The molecule has 1 rings (SSSR count). The van der Waals surface area contributed by atoms with Crippen LogP contribution in [0.3, 0.4) is 0 Å².